The molecule has 0 spiro atoms. The average molecular weight is 385 g/mol. The van der Waals surface area contributed by atoms with Crippen LogP contribution in [0.15, 0.2) is 24.3 Å². The Hall–Kier alpha value is -1.37. The van der Waals surface area contributed by atoms with E-state index in [9.17, 15) is 9.59 Å². The van der Waals surface area contributed by atoms with Crippen molar-refractivity contribution in [1.82, 2.24) is 5.32 Å². The van der Waals surface area contributed by atoms with Crippen LogP contribution in [0.4, 0.5) is 4.79 Å². The molecule has 1 rings (SSSR count). The summed E-state index contributed by atoms with van der Waals surface area (Å²) in [5.41, 5.74) is 0.203. The van der Waals surface area contributed by atoms with Gasteiger partial charge in [0, 0.05) is 0 Å². The molecule has 0 aliphatic rings. The molecule has 0 radical (unpaired) electrons. The van der Waals surface area contributed by atoms with E-state index in [-0.39, 0.29) is 12.2 Å². The Morgan fingerprint density at radius 3 is 2.30 bits per heavy atom. The van der Waals surface area contributed by atoms with Gasteiger partial charge in [0.25, 0.3) is 0 Å². The van der Waals surface area contributed by atoms with E-state index < -0.39 is 22.1 Å². The van der Waals surface area contributed by atoms with Gasteiger partial charge >= 0.3 is 12.1 Å². The highest BCUT2D eigenvalue weighted by Gasteiger charge is 2.38. The SMILES string of the molecule is CCCOC(=O)NC(OC(=O)c1ccc(OC)cc1)C(Cl)(Cl)Cl. The number of ether oxygens (including phenoxy) is 3. The van der Waals surface area contributed by atoms with Gasteiger partial charge in [0.1, 0.15) is 5.75 Å². The standard InChI is InChI=1S/C14H16Cl3NO5/c1-3-8-22-13(20)18-12(14(15,16)17)23-11(19)9-4-6-10(21-2)7-5-9/h4-7,12H,3,8H2,1-2H3,(H,18,20). The Morgan fingerprint density at radius 1 is 1.22 bits per heavy atom. The first-order chi connectivity index (χ1) is 10.8. The predicted molar refractivity (Wildman–Crippen MR) is 87.3 cm³/mol. The molecule has 0 aliphatic carbocycles. The van der Waals surface area contributed by atoms with Crippen molar-refractivity contribution in [2.24, 2.45) is 0 Å². The highest BCUT2D eigenvalue weighted by Crippen LogP contribution is 2.31. The Balaban J connectivity index is 2.75. The van der Waals surface area contributed by atoms with E-state index in [1.54, 1.807) is 12.1 Å². The first-order valence-corrected chi connectivity index (χ1v) is 7.76. The summed E-state index contributed by atoms with van der Waals surface area (Å²) in [6.07, 6.45) is -1.74. The van der Waals surface area contributed by atoms with Crippen LogP contribution in [0.3, 0.4) is 0 Å². The molecule has 0 aliphatic heterocycles. The molecule has 1 atom stereocenters. The summed E-state index contributed by atoms with van der Waals surface area (Å²) in [4.78, 5) is 23.6. The molecular weight excluding hydrogens is 369 g/mol. The van der Waals surface area contributed by atoms with Crippen LogP contribution in [-0.4, -0.2) is 35.8 Å². The number of alkyl halides is 3. The van der Waals surface area contributed by atoms with Crippen molar-refractivity contribution in [3.63, 3.8) is 0 Å². The molecule has 9 heteroatoms. The largest absolute Gasteiger partial charge is 0.497 e. The molecule has 1 amide bonds. The summed E-state index contributed by atoms with van der Waals surface area (Å²) in [7, 11) is 1.50. The fourth-order valence-corrected chi connectivity index (χ4v) is 1.72. The van der Waals surface area contributed by atoms with E-state index in [4.69, 9.17) is 49.0 Å². The van der Waals surface area contributed by atoms with E-state index >= 15 is 0 Å². The van der Waals surface area contributed by atoms with Crippen LogP contribution >= 0.6 is 34.8 Å². The van der Waals surface area contributed by atoms with E-state index in [2.05, 4.69) is 5.32 Å². The molecule has 23 heavy (non-hydrogen) atoms. The zero-order chi connectivity index (χ0) is 17.5. The minimum Gasteiger partial charge on any atom is -0.497 e. The van der Waals surface area contributed by atoms with Crippen molar-refractivity contribution in [3.8, 4) is 5.75 Å². The van der Waals surface area contributed by atoms with Crippen molar-refractivity contribution in [3.05, 3.63) is 29.8 Å². The normalized spacial score (nSPS) is 12.2. The van der Waals surface area contributed by atoms with Gasteiger partial charge < -0.3 is 14.2 Å². The number of carbonyl (C=O) groups excluding carboxylic acids is 2. The molecule has 1 unspecified atom stereocenters. The molecule has 0 saturated carbocycles. The molecule has 1 aromatic rings. The van der Waals surface area contributed by atoms with E-state index in [1.165, 1.54) is 19.2 Å². The van der Waals surface area contributed by atoms with Gasteiger partial charge in [0.15, 0.2) is 0 Å². The van der Waals surface area contributed by atoms with Gasteiger partial charge in [-0.2, -0.15) is 0 Å². The number of amides is 1. The van der Waals surface area contributed by atoms with Gasteiger partial charge in [-0.1, -0.05) is 41.7 Å². The number of esters is 1. The summed E-state index contributed by atoms with van der Waals surface area (Å²) < 4.78 is 12.8. The molecule has 0 bridgehead atoms. The Bertz CT molecular complexity index is 530. The van der Waals surface area contributed by atoms with Crippen LogP contribution in [0.2, 0.25) is 0 Å². The van der Waals surface area contributed by atoms with E-state index in [0.717, 1.165) is 0 Å². The van der Waals surface area contributed by atoms with Crippen molar-refractivity contribution >= 4 is 46.9 Å². The van der Waals surface area contributed by atoms with Gasteiger partial charge in [0.05, 0.1) is 19.3 Å². The number of hydrogen-bond acceptors (Lipinski definition) is 5. The van der Waals surface area contributed by atoms with Crippen molar-refractivity contribution in [2.75, 3.05) is 13.7 Å². The Kier molecular flexibility index (Phi) is 7.75. The quantitative estimate of drug-likeness (QED) is 0.460. The van der Waals surface area contributed by atoms with Gasteiger partial charge in [-0.3, -0.25) is 5.32 Å². The molecule has 6 nitrogen and oxygen atoms in total. The summed E-state index contributed by atoms with van der Waals surface area (Å²) in [5, 5.41) is 2.19. The molecule has 0 heterocycles. The summed E-state index contributed by atoms with van der Waals surface area (Å²) in [5.74, 6) is -0.208. The van der Waals surface area contributed by atoms with Gasteiger partial charge in [-0.25, -0.2) is 9.59 Å². The Labute approximate surface area is 148 Å². The van der Waals surface area contributed by atoms with Crippen LogP contribution < -0.4 is 10.1 Å². The molecule has 0 fully saturated rings. The lowest BCUT2D eigenvalue weighted by atomic mass is 10.2. The second-order valence-electron chi connectivity index (χ2n) is 4.34. The molecular formula is C14H16Cl3NO5. The maximum Gasteiger partial charge on any atom is 0.410 e. The van der Waals surface area contributed by atoms with Crippen molar-refractivity contribution < 1.29 is 23.8 Å². The second kappa shape index (κ2) is 9.05. The first kappa shape index (κ1) is 19.7. The zero-order valence-electron chi connectivity index (χ0n) is 12.5. The average Bonchev–Trinajstić information content (AvgIpc) is 2.51. The van der Waals surface area contributed by atoms with Gasteiger partial charge in [-0.15, -0.1) is 0 Å². The van der Waals surface area contributed by atoms with Crippen LogP contribution in [0.25, 0.3) is 0 Å². The van der Waals surface area contributed by atoms with E-state index in [1.807, 2.05) is 6.92 Å². The maximum atomic E-state index is 12.1. The highest BCUT2D eigenvalue weighted by molar-refractivity contribution is 6.68. The smallest absolute Gasteiger partial charge is 0.410 e. The zero-order valence-corrected chi connectivity index (χ0v) is 14.7. The van der Waals surface area contributed by atoms with Crippen LogP contribution in [0, 0.1) is 0 Å². The van der Waals surface area contributed by atoms with Crippen LogP contribution in [-0.2, 0) is 9.47 Å². The molecule has 0 aromatic heterocycles. The number of hydrogen-bond donors (Lipinski definition) is 1. The van der Waals surface area contributed by atoms with E-state index in [0.29, 0.717) is 12.2 Å². The fourth-order valence-electron chi connectivity index (χ4n) is 1.42. The topological polar surface area (TPSA) is 73.9 Å². The van der Waals surface area contributed by atoms with Crippen molar-refractivity contribution in [2.45, 2.75) is 23.4 Å². The Morgan fingerprint density at radius 2 is 1.83 bits per heavy atom. The van der Waals surface area contributed by atoms with Crippen LogP contribution in [0.5, 0.6) is 5.75 Å². The predicted octanol–water partition coefficient (Wildman–Crippen LogP) is 3.68. The number of halogens is 3. The van der Waals surface area contributed by atoms with Crippen LogP contribution in [0.1, 0.15) is 23.7 Å². The first-order valence-electron chi connectivity index (χ1n) is 6.63. The summed E-state index contributed by atoms with van der Waals surface area (Å²) in [6.45, 7) is 2.01. The minimum atomic E-state index is -2.06. The lowest BCUT2D eigenvalue weighted by Gasteiger charge is -2.24. The number of nitrogens with one attached hydrogen (secondary N) is 1. The van der Waals surface area contributed by atoms with Gasteiger partial charge in [0.2, 0.25) is 10.0 Å². The third kappa shape index (κ3) is 6.72. The van der Waals surface area contributed by atoms with Gasteiger partial charge in [-0.05, 0) is 30.7 Å². The third-order valence-electron chi connectivity index (χ3n) is 2.53. The molecule has 128 valence electrons. The molecule has 1 aromatic carbocycles. The number of methoxy groups -OCH3 is 1. The number of carbonyl (C=O) groups is 2. The summed E-state index contributed by atoms with van der Waals surface area (Å²) >= 11 is 17.2. The number of rotatable bonds is 6. The monoisotopic (exact) mass is 383 g/mol. The number of benzene rings is 1. The summed E-state index contributed by atoms with van der Waals surface area (Å²) in [6, 6.07) is 6.10. The third-order valence-corrected chi connectivity index (χ3v) is 3.13. The fraction of sp³-hybridized carbons (Fsp3) is 0.429. The molecule has 0 saturated heterocycles. The highest BCUT2D eigenvalue weighted by atomic mass is 35.6. The molecule has 1 N–H and O–H groups in total. The lowest BCUT2D eigenvalue weighted by molar-refractivity contribution is 0.0216. The number of alkyl carbamates (subject to hydrolysis) is 1. The lowest BCUT2D eigenvalue weighted by Crippen LogP contribution is -2.47. The second-order valence-corrected chi connectivity index (χ2v) is 6.70. The minimum absolute atomic E-state index is 0.185. The maximum absolute atomic E-state index is 12.1. The van der Waals surface area contributed by atoms with Crippen molar-refractivity contribution in [1.29, 1.82) is 0 Å².